The summed E-state index contributed by atoms with van der Waals surface area (Å²) in [6.45, 7) is 0.382. The van der Waals surface area contributed by atoms with Crippen LogP contribution in [0.4, 0.5) is 0 Å². The van der Waals surface area contributed by atoms with Crippen LogP contribution in [0.3, 0.4) is 0 Å². The van der Waals surface area contributed by atoms with Gasteiger partial charge in [-0.3, -0.25) is 4.79 Å². The van der Waals surface area contributed by atoms with Crippen molar-refractivity contribution < 1.29 is 35.4 Å². The molecule has 0 saturated heterocycles. The second-order valence-electron chi connectivity index (χ2n) is 2.65. The molecule has 0 radical (unpaired) electrons. The number of nitrogens with two attached hydrogens (primary N) is 1. The SMILES string of the molecule is CC(O)CO.NCC(=O)O.OCC(O)CO. The Morgan fingerprint density at radius 3 is 1.38 bits per heavy atom. The molecular weight excluding hydrogens is 222 g/mol. The van der Waals surface area contributed by atoms with E-state index in [4.69, 9.17) is 30.6 Å². The van der Waals surface area contributed by atoms with Crippen molar-refractivity contribution >= 4 is 5.97 Å². The maximum absolute atomic E-state index is 9.24. The van der Waals surface area contributed by atoms with Gasteiger partial charge < -0.3 is 36.4 Å². The summed E-state index contributed by atoms with van der Waals surface area (Å²) in [6, 6.07) is 0. The van der Waals surface area contributed by atoms with Gasteiger partial charge in [-0.15, -0.1) is 0 Å². The molecule has 8 N–H and O–H groups in total. The van der Waals surface area contributed by atoms with Crippen LogP contribution in [0.2, 0.25) is 0 Å². The van der Waals surface area contributed by atoms with E-state index in [1.54, 1.807) is 0 Å². The third-order valence-electron chi connectivity index (χ3n) is 0.860. The summed E-state index contributed by atoms with van der Waals surface area (Å²) in [6.07, 6.45) is -1.51. The van der Waals surface area contributed by atoms with Gasteiger partial charge in [0.1, 0.15) is 6.10 Å². The van der Waals surface area contributed by atoms with Gasteiger partial charge in [-0.2, -0.15) is 0 Å². The molecule has 0 aliphatic carbocycles. The van der Waals surface area contributed by atoms with E-state index in [0.29, 0.717) is 0 Å². The first-order chi connectivity index (χ1) is 7.35. The maximum Gasteiger partial charge on any atom is 0.317 e. The van der Waals surface area contributed by atoms with Gasteiger partial charge in [-0.25, -0.2) is 0 Å². The van der Waals surface area contributed by atoms with Crippen molar-refractivity contribution in [2.24, 2.45) is 5.73 Å². The number of hydrogen-bond donors (Lipinski definition) is 7. The highest BCUT2D eigenvalue weighted by Crippen LogP contribution is 1.71. The molecule has 8 nitrogen and oxygen atoms in total. The van der Waals surface area contributed by atoms with Crippen LogP contribution in [0.1, 0.15) is 6.92 Å². The monoisotopic (exact) mass is 243 g/mol. The second-order valence-corrected chi connectivity index (χ2v) is 2.65. The zero-order chi connectivity index (χ0) is 13.6. The maximum atomic E-state index is 9.24. The molecule has 0 aliphatic heterocycles. The van der Waals surface area contributed by atoms with E-state index >= 15 is 0 Å². The molecule has 1 atom stereocenters. The Balaban J connectivity index is -0.000000160. The molecule has 0 heterocycles. The predicted octanol–water partition coefficient (Wildman–Crippen LogP) is -3.28. The summed E-state index contributed by atoms with van der Waals surface area (Å²) >= 11 is 0. The normalized spacial score (nSPS) is 10.8. The lowest BCUT2D eigenvalue weighted by Gasteiger charge is -1.96. The predicted molar refractivity (Wildman–Crippen MR) is 55.6 cm³/mol. The third-order valence-corrected chi connectivity index (χ3v) is 0.860. The van der Waals surface area contributed by atoms with E-state index in [0.717, 1.165) is 0 Å². The lowest BCUT2D eigenvalue weighted by Crippen LogP contribution is -2.15. The summed E-state index contributed by atoms with van der Waals surface area (Å²) in [5.74, 6) is -0.968. The van der Waals surface area contributed by atoms with E-state index in [9.17, 15) is 4.79 Å². The third kappa shape index (κ3) is 37.9. The molecule has 0 amide bonds. The van der Waals surface area contributed by atoms with Crippen LogP contribution in [-0.4, -0.2) is 75.2 Å². The van der Waals surface area contributed by atoms with Crippen LogP contribution in [0.15, 0.2) is 0 Å². The Hall–Kier alpha value is -0.770. The second kappa shape index (κ2) is 16.7. The van der Waals surface area contributed by atoms with E-state index in [2.05, 4.69) is 5.73 Å². The molecule has 0 spiro atoms. The van der Waals surface area contributed by atoms with Crippen LogP contribution in [-0.2, 0) is 4.79 Å². The standard InChI is InChI=1S/C3H8O3.C3H8O2.C2H5NO2/c4-1-3(6)2-5;1-3(5)2-4;3-1-2(4)5/h3-6H,1-2H2;3-5H,2H2,1H3;1,3H2,(H,4,5). The van der Waals surface area contributed by atoms with Crippen molar-refractivity contribution in [2.45, 2.75) is 19.1 Å². The molecule has 0 aromatic rings. The van der Waals surface area contributed by atoms with Crippen molar-refractivity contribution in [1.29, 1.82) is 0 Å². The molecule has 8 heteroatoms. The first-order valence-corrected chi connectivity index (χ1v) is 4.46. The average molecular weight is 243 g/mol. The Kier molecular flexibility index (Phi) is 21.5. The number of aliphatic hydroxyl groups excluding tert-OH is 5. The molecule has 0 aliphatic rings. The van der Waals surface area contributed by atoms with Gasteiger partial charge in [0.05, 0.1) is 32.5 Å². The highest BCUT2D eigenvalue weighted by molar-refractivity contribution is 5.68. The summed E-state index contributed by atoms with van der Waals surface area (Å²) in [5.41, 5.74) is 4.57. The fourth-order valence-corrected chi connectivity index (χ4v) is 0.0577. The van der Waals surface area contributed by atoms with Crippen molar-refractivity contribution in [3.63, 3.8) is 0 Å². The first kappa shape index (κ1) is 20.6. The van der Waals surface area contributed by atoms with Crippen LogP contribution >= 0.6 is 0 Å². The van der Waals surface area contributed by atoms with Gasteiger partial charge in [0, 0.05) is 0 Å². The zero-order valence-corrected chi connectivity index (χ0v) is 9.15. The molecule has 0 fully saturated rings. The lowest BCUT2D eigenvalue weighted by molar-refractivity contribution is -0.135. The molecule has 100 valence electrons. The molecule has 16 heavy (non-hydrogen) atoms. The van der Waals surface area contributed by atoms with Gasteiger partial charge in [0.2, 0.25) is 0 Å². The fraction of sp³-hybridized carbons (Fsp3) is 0.875. The summed E-state index contributed by atoms with van der Waals surface area (Å²) in [7, 11) is 0. The highest BCUT2D eigenvalue weighted by atomic mass is 16.4. The minimum Gasteiger partial charge on any atom is -0.480 e. The number of aliphatic carboxylic acids is 1. The van der Waals surface area contributed by atoms with Crippen LogP contribution in [0, 0.1) is 0 Å². The van der Waals surface area contributed by atoms with Crippen molar-refractivity contribution in [2.75, 3.05) is 26.4 Å². The smallest absolute Gasteiger partial charge is 0.317 e. The van der Waals surface area contributed by atoms with Gasteiger partial charge >= 0.3 is 5.97 Å². The van der Waals surface area contributed by atoms with Crippen molar-refractivity contribution in [3.05, 3.63) is 0 Å². The Morgan fingerprint density at radius 1 is 1.12 bits per heavy atom. The number of hydrogen-bond acceptors (Lipinski definition) is 7. The number of rotatable bonds is 4. The quantitative estimate of drug-likeness (QED) is 0.270. The average Bonchev–Trinajstić information content (AvgIpc) is 2.29. The Labute approximate surface area is 93.6 Å². The van der Waals surface area contributed by atoms with Gasteiger partial charge in [0.15, 0.2) is 0 Å². The van der Waals surface area contributed by atoms with E-state index in [-0.39, 0.29) is 26.4 Å². The molecule has 0 aromatic carbocycles. The Morgan fingerprint density at radius 2 is 1.38 bits per heavy atom. The summed E-state index contributed by atoms with van der Waals surface area (Å²) in [4.78, 5) is 9.24. The number of carboxylic acids is 1. The molecule has 1 unspecified atom stereocenters. The number of carboxylic acid groups (broad SMARTS) is 1. The molecular formula is C8H21NO7. The highest BCUT2D eigenvalue weighted by Gasteiger charge is 1.93. The largest absolute Gasteiger partial charge is 0.480 e. The topological polar surface area (TPSA) is 164 Å². The molecule has 0 rings (SSSR count). The van der Waals surface area contributed by atoms with Crippen molar-refractivity contribution in [3.8, 4) is 0 Å². The number of aliphatic hydroxyl groups is 5. The lowest BCUT2D eigenvalue weighted by atomic mass is 10.4. The van der Waals surface area contributed by atoms with Crippen LogP contribution < -0.4 is 5.73 Å². The van der Waals surface area contributed by atoms with Gasteiger partial charge in [-0.1, -0.05) is 0 Å². The van der Waals surface area contributed by atoms with E-state index < -0.39 is 18.2 Å². The molecule has 0 saturated carbocycles. The fourth-order valence-electron chi connectivity index (χ4n) is 0.0577. The summed E-state index contributed by atoms with van der Waals surface area (Å²) in [5, 5.41) is 47.6. The van der Waals surface area contributed by atoms with Gasteiger partial charge in [0.25, 0.3) is 0 Å². The van der Waals surface area contributed by atoms with Gasteiger partial charge in [-0.05, 0) is 6.92 Å². The van der Waals surface area contributed by atoms with Crippen molar-refractivity contribution in [1.82, 2.24) is 0 Å². The zero-order valence-electron chi connectivity index (χ0n) is 9.15. The van der Waals surface area contributed by atoms with Crippen LogP contribution in [0.5, 0.6) is 0 Å². The Bertz CT molecular complexity index is 138. The van der Waals surface area contributed by atoms with E-state index in [1.807, 2.05) is 0 Å². The van der Waals surface area contributed by atoms with E-state index in [1.165, 1.54) is 6.92 Å². The minimum atomic E-state index is -0.968. The number of carbonyl (C=O) groups is 1. The van der Waals surface area contributed by atoms with Crippen LogP contribution in [0.25, 0.3) is 0 Å². The first-order valence-electron chi connectivity index (χ1n) is 4.46. The molecule has 0 bridgehead atoms. The summed E-state index contributed by atoms with van der Waals surface area (Å²) < 4.78 is 0. The minimum absolute atomic E-state index is 0.139. The molecule has 0 aromatic heterocycles.